The van der Waals surface area contributed by atoms with Gasteiger partial charge in [-0.25, -0.2) is 9.97 Å². The average Bonchev–Trinajstić information content (AvgIpc) is 3.41. The third-order valence-electron chi connectivity index (χ3n) is 8.26. The maximum atomic E-state index is 5.33. The van der Waals surface area contributed by atoms with Gasteiger partial charge in [-0.2, -0.15) is 0 Å². The first-order chi connectivity index (χ1) is 20.3. The Hall–Kier alpha value is -5.12. The van der Waals surface area contributed by atoms with E-state index in [9.17, 15) is 0 Å². The number of benzene rings is 7. The van der Waals surface area contributed by atoms with E-state index in [4.69, 9.17) is 9.97 Å². The number of aromatic nitrogens is 2. The predicted molar refractivity (Wildman–Crippen MR) is 176 cm³/mol. The molecule has 0 atom stereocenters. The first-order valence-corrected chi connectivity index (χ1v) is 14.7. The van der Waals surface area contributed by atoms with E-state index < -0.39 is 0 Å². The van der Waals surface area contributed by atoms with Gasteiger partial charge in [-0.05, 0) is 62.0 Å². The van der Waals surface area contributed by atoms with Crippen molar-refractivity contribution >= 4 is 75.1 Å². The molecule has 2 aromatic heterocycles. The molecular weight excluding hydrogens is 516 g/mol. The monoisotopic (exact) mass is 538 g/mol. The van der Waals surface area contributed by atoms with Gasteiger partial charge in [-0.15, -0.1) is 11.3 Å². The predicted octanol–water partition coefficient (Wildman–Crippen LogP) is 10.8. The standard InChI is InChI=1S/C38H22N2S/c1-2-13-27-23(9-1)10-8-18-28(27)26-12-7-11-24(21-26)25-19-20-34-33(22-25)37-38(41-34)40-36-32-17-6-4-15-30(32)29-14-3-5-16-31(29)35(36)39-37/h1-22H. The fourth-order valence-corrected chi connectivity index (χ4v) is 7.32. The van der Waals surface area contributed by atoms with Crippen molar-refractivity contribution in [2.75, 3.05) is 0 Å². The van der Waals surface area contributed by atoms with E-state index in [1.165, 1.54) is 48.5 Å². The molecule has 0 N–H and O–H groups in total. The lowest BCUT2D eigenvalue weighted by molar-refractivity contribution is 1.46. The van der Waals surface area contributed by atoms with Gasteiger partial charge in [0.15, 0.2) is 0 Å². The second kappa shape index (κ2) is 8.69. The van der Waals surface area contributed by atoms with Gasteiger partial charge in [-0.1, -0.05) is 115 Å². The second-order valence-corrected chi connectivity index (χ2v) is 11.6. The summed E-state index contributed by atoms with van der Waals surface area (Å²) in [6.07, 6.45) is 0. The average molecular weight is 539 g/mol. The molecule has 0 fully saturated rings. The fraction of sp³-hybridized carbons (Fsp3) is 0. The van der Waals surface area contributed by atoms with E-state index in [0.29, 0.717) is 0 Å². The Morgan fingerprint density at radius 1 is 0.390 bits per heavy atom. The van der Waals surface area contributed by atoms with Crippen LogP contribution in [0.5, 0.6) is 0 Å². The van der Waals surface area contributed by atoms with Gasteiger partial charge in [-0.3, -0.25) is 0 Å². The lowest BCUT2D eigenvalue weighted by Gasteiger charge is -2.10. The first kappa shape index (κ1) is 22.7. The molecule has 0 aliphatic rings. The highest BCUT2D eigenvalue weighted by Gasteiger charge is 2.16. The van der Waals surface area contributed by atoms with E-state index >= 15 is 0 Å². The Morgan fingerprint density at radius 3 is 1.80 bits per heavy atom. The van der Waals surface area contributed by atoms with E-state index in [1.54, 1.807) is 11.3 Å². The number of rotatable bonds is 2. The quantitative estimate of drug-likeness (QED) is 0.205. The van der Waals surface area contributed by atoms with E-state index in [-0.39, 0.29) is 0 Å². The molecule has 2 heterocycles. The minimum Gasteiger partial charge on any atom is -0.242 e. The lowest BCUT2D eigenvalue weighted by atomic mass is 9.95. The number of fused-ring (bicyclic) bond motifs is 10. The molecule has 0 spiro atoms. The van der Waals surface area contributed by atoms with Crippen LogP contribution in [0.4, 0.5) is 0 Å². The summed E-state index contributed by atoms with van der Waals surface area (Å²) in [4.78, 5) is 11.5. The normalized spacial score (nSPS) is 11.9. The molecule has 0 saturated heterocycles. The van der Waals surface area contributed by atoms with Crippen LogP contribution in [0.1, 0.15) is 0 Å². The third-order valence-corrected chi connectivity index (χ3v) is 9.31. The highest BCUT2D eigenvalue weighted by molar-refractivity contribution is 7.25. The number of hydrogen-bond donors (Lipinski definition) is 0. The maximum absolute atomic E-state index is 5.33. The topological polar surface area (TPSA) is 25.8 Å². The van der Waals surface area contributed by atoms with Crippen LogP contribution in [-0.4, -0.2) is 9.97 Å². The molecule has 0 aliphatic heterocycles. The van der Waals surface area contributed by atoms with Crippen LogP contribution in [0.15, 0.2) is 133 Å². The SMILES string of the molecule is c1cc(-c2ccc3sc4nc5c6ccccc6c6ccccc6c5nc4c3c2)cc(-c2cccc3ccccc23)c1. The molecule has 0 saturated carbocycles. The highest BCUT2D eigenvalue weighted by Crippen LogP contribution is 2.40. The minimum atomic E-state index is 0.967. The zero-order chi connectivity index (χ0) is 26.9. The Morgan fingerprint density at radius 2 is 1.00 bits per heavy atom. The zero-order valence-corrected chi connectivity index (χ0v) is 22.8. The molecule has 3 heteroatoms. The zero-order valence-electron chi connectivity index (χ0n) is 22.0. The van der Waals surface area contributed by atoms with Crippen molar-refractivity contribution in [2.45, 2.75) is 0 Å². The molecule has 9 aromatic rings. The van der Waals surface area contributed by atoms with Crippen LogP contribution >= 0.6 is 11.3 Å². The number of thiophene rings is 1. The van der Waals surface area contributed by atoms with E-state index in [0.717, 1.165) is 37.5 Å². The summed E-state index contributed by atoms with van der Waals surface area (Å²) >= 11 is 1.72. The molecule has 0 bridgehead atoms. The summed E-state index contributed by atoms with van der Waals surface area (Å²) in [5.41, 5.74) is 7.77. The molecule has 0 amide bonds. The third kappa shape index (κ3) is 3.43. The molecular formula is C38H22N2S. The molecule has 190 valence electrons. The van der Waals surface area contributed by atoms with Gasteiger partial charge in [0.2, 0.25) is 0 Å². The van der Waals surface area contributed by atoms with Gasteiger partial charge < -0.3 is 0 Å². The fourth-order valence-electron chi connectivity index (χ4n) is 6.32. The van der Waals surface area contributed by atoms with E-state index in [2.05, 4.69) is 133 Å². The Balaban J connectivity index is 1.26. The maximum Gasteiger partial charge on any atom is 0.143 e. The first-order valence-electron chi connectivity index (χ1n) is 13.8. The largest absolute Gasteiger partial charge is 0.242 e. The van der Waals surface area contributed by atoms with Gasteiger partial charge in [0.25, 0.3) is 0 Å². The molecule has 2 nitrogen and oxygen atoms in total. The summed E-state index contributed by atoms with van der Waals surface area (Å²) < 4.78 is 1.21. The van der Waals surface area contributed by atoms with Gasteiger partial charge >= 0.3 is 0 Å². The molecule has 41 heavy (non-hydrogen) atoms. The molecule has 0 aliphatic carbocycles. The smallest absolute Gasteiger partial charge is 0.143 e. The lowest BCUT2D eigenvalue weighted by Crippen LogP contribution is -1.89. The van der Waals surface area contributed by atoms with Crippen LogP contribution < -0.4 is 0 Å². The van der Waals surface area contributed by atoms with Crippen molar-refractivity contribution in [1.82, 2.24) is 9.97 Å². The summed E-state index contributed by atoms with van der Waals surface area (Å²) in [5.74, 6) is 0. The highest BCUT2D eigenvalue weighted by atomic mass is 32.1. The van der Waals surface area contributed by atoms with Crippen molar-refractivity contribution in [3.8, 4) is 22.3 Å². The Kier molecular flexibility index (Phi) is 4.80. The second-order valence-electron chi connectivity index (χ2n) is 10.6. The summed E-state index contributed by atoms with van der Waals surface area (Å²) in [7, 11) is 0. The van der Waals surface area contributed by atoms with Crippen LogP contribution in [0, 0.1) is 0 Å². The van der Waals surface area contributed by atoms with E-state index in [1.807, 2.05) is 0 Å². The minimum absolute atomic E-state index is 0.967. The summed E-state index contributed by atoms with van der Waals surface area (Å²) in [5, 5.41) is 8.42. The van der Waals surface area contributed by atoms with Crippen LogP contribution in [-0.2, 0) is 0 Å². The summed E-state index contributed by atoms with van der Waals surface area (Å²) in [6, 6.07) is 47.8. The van der Waals surface area contributed by atoms with Crippen LogP contribution in [0.3, 0.4) is 0 Å². The Bertz CT molecular complexity index is 2480. The van der Waals surface area contributed by atoms with Crippen molar-refractivity contribution in [3.63, 3.8) is 0 Å². The Labute approximate surface area is 240 Å². The van der Waals surface area contributed by atoms with Crippen LogP contribution in [0.25, 0.3) is 86.0 Å². The number of nitrogens with zero attached hydrogens (tertiary/aromatic N) is 2. The number of hydrogen-bond acceptors (Lipinski definition) is 3. The van der Waals surface area contributed by atoms with Gasteiger partial charge in [0, 0.05) is 20.9 Å². The van der Waals surface area contributed by atoms with Crippen molar-refractivity contribution in [3.05, 3.63) is 133 Å². The van der Waals surface area contributed by atoms with Crippen molar-refractivity contribution in [1.29, 1.82) is 0 Å². The molecule has 7 aromatic carbocycles. The van der Waals surface area contributed by atoms with Crippen molar-refractivity contribution in [2.24, 2.45) is 0 Å². The summed E-state index contributed by atoms with van der Waals surface area (Å²) in [6.45, 7) is 0. The van der Waals surface area contributed by atoms with Gasteiger partial charge in [0.1, 0.15) is 10.3 Å². The molecule has 0 unspecified atom stereocenters. The molecule has 0 radical (unpaired) electrons. The van der Waals surface area contributed by atoms with Crippen molar-refractivity contribution < 1.29 is 0 Å². The van der Waals surface area contributed by atoms with Gasteiger partial charge in [0.05, 0.1) is 11.0 Å². The van der Waals surface area contributed by atoms with Crippen LogP contribution in [0.2, 0.25) is 0 Å². The molecule has 9 rings (SSSR count).